The van der Waals surface area contributed by atoms with Gasteiger partial charge in [0, 0.05) is 11.9 Å². The maximum atomic E-state index is 12.6. The maximum absolute atomic E-state index is 12.6. The molecule has 2 aromatic rings. The van der Waals surface area contributed by atoms with Crippen LogP contribution in [0.3, 0.4) is 0 Å². The summed E-state index contributed by atoms with van der Waals surface area (Å²) in [5.74, 6) is 0.162. The lowest BCUT2D eigenvalue weighted by Crippen LogP contribution is -2.52. The van der Waals surface area contributed by atoms with E-state index in [1.54, 1.807) is 24.4 Å². The number of benzene rings is 1. The third-order valence-electron chi connectivity index (χ3n) is 4.72. The van der Waals surface area contributed by atoms with Crippen molar-refractivity contribution >= 4 is 27.6 Å². The second-order valence-corrected chi connectivity index (χ2v) is 8.91. The van der Waals surface area contributed by atoms with Gasteiger partial charge in [-0.25, -0.2) is 23.1 Å². The zero-order chi connectivity index (χ0) is 18.9. The summed E-state index contributed by atoms with van der Waals surface area (Å²) in [6.07, 6.45) is 2.83. The minimum absolute atomic E-state index is 0.0295. The number of nitrogens with one attached hydrogen (secondary N) is 1. The number of aromatic nitrogens is 2. The Labute approximate surface area is 157 Å². The van der Waals surface area contributed by atoms with Gasteiger partial charge in [0.05, 0.1) is 10.9 Å². The molecule has 4 N–H and O–H groups in total. The summed E-state index contributed by atoms with van der Waals surface area (Å²) in [7, 11) is -3.80. The summed E-state index contributed by atoms with van der Waals surface area (Å²) in [5, 5.41) is 8.86. The first-order chi connectivity index (χ1) is 12.2. The second kappa shape index (κ2) is 7.11. The van der Waals surface area contributed by atoms with Gasteiger partial charge in [-0.3, -0.25) is 0 Å². The van der Waals surface area contributed by atoms with Gasteiger partial charge in [-0.1, -0.05) is 29.8 Å². The maximum Gasteiger partial charge on any atom is 0.240 e. The molecule has 7 nitrogen and oxygen atoms in total. The molecule has 0 aliphatic heterocycles. The highest BCUT2D eigenvalue weighted by molar-refractivity contribution is 7.89. The van der Waals surface area contributed by atoms with E-state index in [4.69, 9.17) is 17.3 Å². The van der Waals surface area contributed by atoms with Crippen LogP contribution in [0.2, 0.25) is 0 Å². The summed E-state index contributed by atoms with van der Waals surface area (Å²) in [5.41, 5.74) is 7.23. The number of nitrogens with two attached hydrogens (primary N) is 1. The number of aryl methyl sites for hydroxylation is 1. The fourth-order valence-electron chi connectivity index (χ4n) is 3.30. The molecule has 0 bridgehead atoms. The summed E-state index contributed by atoms with van der Waals surface area (Å²) in [6.45, 7) is 1.83. The summed E-state index contributed by atoms with van der Waals surface area (Å²) in [4.78, 5) is 8.32. The highest BCUT2D eigenvalue weighted by Crippen LogP contribution is 2.41. The largest absolute Gasteiger partial charge is 0.373 e. The van der Waals surface area contributed by atoms with Crippen LogP contribution in [0.1, 0.15) is 36.4 Å². The molecular weight excluding hydrogens is 376 g/mol. The highest BCUT2D eigenvalue weighted by Gasteiger charge is 2.43. The van der Waals surface area contributed by atoms with E-state index in [-0.39, 0.29) is 23.2 Å². The van der Waals surface area contributed by atoms with E-state index in [0.29, 0.717) is 12.8 Å². The van der Waals surface area contributed by atoms with E-state index in [1.165, 1.54) is 12.1 Å². The van der Waals surface area contributed by atoms with E-state index in [1.807, 2.05) is 6.92 Å². The van der Waals surface area contributed by atoms with Crippen molar-refractivity contribution in [2.24, 2.45) is 0 Å². The highest BCUT2D eigenvalue weighted by atomic mass is 35.5. The van der Waals surface area contributed by atoms with Gasteiger partial charge < -0.3 is 10.8 Å². The zero-order valence-corrected chi connectivity index (χ0v) is 15.8. The fourth-order valence-corrected chi connectivity index (χ4v) is 4.94. The van der Waals surface area contributed by atoms with Crippen LogP contribution in [0.25, 0.3) is 0 Å². The lowest BCUT2D eigenvalue weighted by Gasteiger charge is -2.39. The van der Waals surface area contributed by atoms with Crippen molar-refractivity contribution in [3.63, 3.8) is 0 Å². The van der Waals surface area contributed by atoms with Crippen molar-refractivity contribution in [2.75, 3.05) is 5.73 Å². The van der Waals surface area contributed by atoms with Gasteiger partial charge in [-0.05, 0) is 49.8 Å². The fraction of sp³-hybridized carbons (Fsp3) is 0.412. The number of halogens is 1. The summed E-state index contributed by atoms with van der Waals surface area (Å²) in [6, 6.07) is 7.16. The van der Waals surface area contributed by atoms with Gasteiger partial charge in [-0.2, -0.15) is 0 Å². The van der Waals surface area contributed by atoms with Crippen molar-refractivity contribution in [1.82, 2.24) is 14.7 Å². The Balaban J connectivity index is 1.85. The van der Waals surface area contributed by atoms with Crippen LogP contribution in [0.15, 0.2) is 41.4 Å². The number of rotatable bonds is 4. The molecule has 0 spiro atoms. The Morgan fingerprint density at radius 1 is 1.35 bits per heavy atom. The second-order valence-electron chi connectivity index (χ2n) is 6.55. The smallest absolute Gasteiger partial charge is 0.240 e. The topological polar surface area (TPSA) is 118 Å². The SMILES string of the molecule is Cc1nc(N)ncc1C1CC[C@@](O)(Cl)[C@H](NS(=O)(=O)c2ccccc2)C1. The van der Waals surface area contributed by atoms with E-state index < -0.39 is 21.1 Å². The first-order valence-electron chi connectivity index (χ1n) is 8.27. The molecule has 3 atom stereocenters. The zero-order valence-electron chi connectivity index (χ0n) is 14.3. The van der Waals surface area contributed by atoms with Crippen molar-refractivity contribution in [3.8, 4) is 0 Å². The standard InChI is InChI=1S/C17H21ClN4O3S/c1-11-14(10-20-16(19)21-11)12-7-8-17(18,23)15(9-12)22-26(24,25)13-5-3-2-4-6-13/h2-6,10,12,15,22-23H,7-9H2,1H3,(H2,19,20,21)/t12?,15-,17+/m1/s1. The molecular formula is C17H21ClN4O3S. The quantitative estimate of drug-likeness (QED) is 0.679. The van der Waals surface area contributed by atoms with Crippen LogP contribution >= 0.6 is 11.6 Å². The molecule has 1 aromatic heterocycles. The van der Waals surface area contributed by atoms with Crippen LogP contribution < -0.4 is 10.5 Å². The molecule has 1 aromatic carbocycles. The number of nitrogens with zero attached hydrogens (tertiary/aromatic N) is 2. The number of hydrogen-bond acceptors (Lipinski definition) is 6. The van der Waals surface area contributed by atoms with Crippen molar-refractivity contribution in [3.05, 3.63) is 47.8 Å². The molecule has 0 radical (unpaired) electrons. The van der Waals surface area contributed by atoms with Crippen molar-refractivity contribution in [2.45, 2.75) is 48.1 Å². The Morgan fingerprint density at radius 2 is 2.04 bits per heavy atom. The molecule has 1 aliphatic rings. The van der Waals surface area contributed by atoms with E-state index in [0.717, 1.165) is 11.3 Å². The average molecular weight is 397 g/mol. The monoisotopic (exact) mass is 396 g/mol. The number of hydrogen-bond donors (Lipinski definition) is 3. The molecule has 0 saturated heterocycles. The molecule has 1 saturated carbocycles. The van der Waals surface area contributed by atoms with Gasteiger partial charge in [-0.15, -0.1) is 0 Å². The molecule has 140 valence electrons. The lowest BCUT2D eigenvalue weighted by molar-refractivity contribution is 0.0521. The lowest BCUT2D eigenvalue weighted by atomic mass is 9.80. The summed E-state index contributed by atoms with van der Waals surface area (Å²) < 4.78 is 27.8. The van der Waals surface area contributed by atoms with Gasteiger partial charge in [0.15, 0.2) is 5.06 Å². The minimum atomic E-state index is -3.80. The van der Waals surface area contributed by atoms with Crippen LogP contribution in [0.4, 0.5) is 5.95 Å². The molecule has 9 heteroatoms. The Kier molecular flexibility index (Phi) is 5.21. The summed E-state index contributed by atoms with van der Waals surface area (Å²) >= 11 is 6.23. The number of aliphatic hydroxyl groups is 1. The van der Waals surface area contributed by atoms with Crippen LogP contribution in [-0.4, -0.2) is 34.6 Å². The Morgan fingerprint density at radius 3 is 2.69 bits per heavy atom. The Bertz CT molecular complexity index is 890. The van der Waals surface area contributed by atoms with E-state index >= 15 is 0 Å². The predicted molar refractivity (Wildman–Crippen MR) is 99.1 cm³/mol. The molecule has 26 heavy (non-hydrogen) atoms. The van der Waals surface area contributed by atoms with Gasteiger partial charge in [0.2, 0.25) is 16.0 Å². The van der Waals surface area contributed by atoms with Crippen molar-refractivity contribution in [1.29, 1.82) is 0 Å². The predicted octanol–water partition coefficient (Wildman–Crippen LogP) is 1.91. The van der Waals surface area contributed by atoms with E-state index in [2.05, 4.69) is 14.7 Å². The van der Waals surface area contributed by atoms with Crippen molar-refractivity contribution < 1.29 is 13.5 Å². The molecule has 1 heterocycles. The minimum Gasteiger partial charge on any atom is -0.373 e. The van der Waals surface area contributed by atoms with Gasteiger partial charge in [0.1, 0.15) is 0 Å². The molecule has 1 fully saturated rings. The molecule has 1 unspecified atom stereocenters. The average Bonchev–Trinajstić information content (AvgIpc) is 2.58. The first-order valence-corrected chi connectivity index (χ1v) is 10.1. The van der Waals surface area contributed by atoms with Crippen LogP contribution in [-0.2, 0) is 10.0 Å². The van der Waals surface area contributed by atoms with Gasteiger partial charge >= 0.3 is 0 Å². The number of nitrogen functional groups attached to an aromatic ring is 1. The van der Waals surface area contributed by atoms with E-state index in [9.17, 15) is 13.5 Å². The number of anilines is 1. The first kappa shape index (κ1) is 19.0. The van der Waals surface area contributed by atoms with Crippen LogP contribution in [0, 0.1) is 6.92 Å². The number of sulfonamides is 1. The molecule has 3 rings (SSSR count). The molecule has 0 amide bonds. The third-order valence-corrected chi connectivity index (χ3v) is 6.66. The van der Waals surface area contributed by atoms with Crippen LogP contribution in [0.5, 0.6) is 0 Å². The van der Waals surface area contributed by atoms with Gasteiger partial charge in [0.25, 0.3) is 0 Å². The third kappa shape index (κ3) is 3.98. The Hall–Kier alpha value is -1.74. The molecule has 1 aliphatic carbocycles. The number of alkyl halides is 1. The normalized spacial score (nSPS) is 26.6.